The van der Waals surface area contributed by atoms with Crippen LogP contribution in [0.25, 0.3) is 0 Å². The minimum absolute atomic E-state index is 0.0943. The van der Waals surface area contributed by atoms with Crippen molar-refractivity contribution in [3.8, 4) is 0 Å². The van der Waals surface area contributed by atoms with Crippen molar-refractivity contribution in [2.45, 2.75) is 41.0 Å². The predicted molar refractivity (Wildman–Crippen MR) is 51.4 cm³/mol. The molecule has 2 heteroatoms. The first-order valence-corrected chi connectivity index (χ1v) is 4.75. The van der Waals surface area contributed by atoms with E-state index in [0.717, 1.165) is 6.42 Å². The van der Waals surface area contributed by atoms with Crippen molar-refractivity contribution in [3.05, 3.63) is 0 Å². The summed E-state index contributed by atoms with van der Waals surface area (Å²) in [5.41, 5.74) is -0.637. The van der Waals surface area contributed by atoms with Crippen LogP contribution in [0.3, 0.4) is 0 Å². The Morgan fingerprint density at radius 3 is 2.08 bits per heavy atom. The van der Waals surface area contributed by atoms with Crippen LogP contribution in [0.1, 0.15) is 41.0 Å². The highest BCUT2D eigenvalue weighted by molar-refractivity contribution is 6.10. The largest absolute Gasteiger partial charge is 0.298 e. The third kappa shape index (κ3) is 1.67. The van der Waals surface area contributed by atoms with Gasteiger partial charge in [0, 0.05) is 10.8 Å². The predicted octanol–water partition coefficient (Wildman–Crippen LogP) is 2.22. The highest BCUT2D eigenvalue weighted by Crippen LogP contribution is 2.43. The average molecular weight is 182 g/mol. The van der Waals surface area contributed by atoms with E-state index in [4.69, 9.17) is 0 Å². The van der Waals surface area contributed by atoms with E-state index in [2.05, 4.69) is 0 Å². The first kappa shape index (κ1) is 10.4. The molecule has 1 saturated carbocycles. The van der Waals surface area contributed by atoms with Crippen molar-refractivity contribution < 1.29 is 9.59 Å². The highest BCUT2D eigenvalue weighted by atomic mass is 16.2. The van der Waals surface area contributed by atoms with Crippen molar-refractivity contribution in [2.24, 2.45) is 16.7 Å². The van der Waals surface area contributed by atoms with E-state index < -0.39 is 0 Å². The fraction of sp³-hybridized carbons (Fsp3) is 0.818. The van der Waals surface area contributed by atoms with Gasteiger partial charge in [0.05, 0.1) is 5.92 Å². The van der Waals surface area contributed by atoms with Gasteiger partial charge in [0.25, 0.3) is 0 Å². The summed E-state index contributed by atoms with van der Waals surface area (Å²) in [5, 5.41) is 0. The number of Topliss-reactive ketones (excluding diaryl/α,β-unsaturated/α-hetero) is 2. The van der Waals surface area contributed by atoms with Gasteiger partial charge in [-0.05, 0) is 6.42 Å². The third-order valence-electron chi connectivity index (χ3n) is 2.75. The molecule has 0 spiro atoms. The Kier molecular flexibility index (Phi) is 2.13. The Hall–Kier alpha value is -0.660. The zero-order valence-electron chi connectivity index (χ0n) is 9.10. The van der Waals surface area contributed by atoms with Gasteiger partial charge in [-0.2, -0.15) is 0 Å². The SMILES string of the molecule is CC(C)(C)C(=O)C1CC(C)(C)C1=O. The van der Waals surface area contributed by atoms with Gasteiger partial charge in [-0.3, -0.25) is 9.59 Å². The molecule has 1 fully saturated rings. The molecular weight excluding hydrogens is 164 g/mol. The van der Waals surface area contributed by atoms with Crippen molar-refractivity contribution in [3.63, 3.8) is 0 Å². The van der Waals surface area contributed by atoms with Crippen molar-refractivity contribution in [1.82, 2.24) is 0 Å². The van der Waals surface area contributed by atoms with Crippen LogP contribution in [0.4, 0.5) is 0 Å². The van der Waals surface area contributed by atoms with Gasteiger partial charge in [0.1, 0.15) is 11.6 Å². The van der Waals surface area contributed by atoms with Crippen molar-refractivity contribution >= 4 is 11.6 Å². The van der Waals surface area contributed by atoms with Gasteiger partial charge in [-0.1, -0.05) is 34.6 Å². The zero-order chi connectivity index (χ0) is 10.4. The lowest BCUT2D eigenvalue weighted by Gasteiger charge is -2.41. The summed E-state index contributed by atoms with van der Waals surface area (Å²) in [7, 11) is 0. The van der Waals surface area contributed by atoms with Crippen LogP contribution in [-0.4, -0.2) is 11.6 Å². The average Bonchev–Trinajstić information content (AvgIpc) is 1.97. The summed E-state index contributed by atoms with van der Waals surface area (Å²) >= 11 is 0. The molecule has 1 aliphatic carbocycles. The van der Waals surface area contributed by atoms with Crippen LogP contribution in [0.2, 0.25) is 0 Å². The second-order valence-electron chi connectivity index (χ2n) is 5.62. The summed E-state index contributed by atoms with van der Waals surface area (Å²) in [4.78, 5) is 23.3. The smallest absolute Gasteiger partial charge is 0.148 e. The van der Waals surface area contributed by atoms with Crippen LogP contribution in [-0.2, 0) is 9.59 Å². The van der Waals surface area contributed by atoms with Crippen LogP contribution >= 0.6 is 0 Å². The molecule has 0 heterocycles. The molecule has 1 aliphatic rings. The molecule has 0 amide bonds. The van der Waals surface area contributed by atoms with E-state index in [0.29, 0.717) is 0 Å². The maximum atomic E-state index is 11.7. The molecule has 0 aromatic rings. The molecular formula is C11H18O2. The van der Waals surface area contributed by atoms with Gasteiger partial charge in [-0.25, -0.2) is 0 Å². The fourth-order valence-electron chi connectivity index (χ4n) is 1.78. The molecule has 1 unspecified atom stereocenters. The standard InChI is InChI=1S/C11H18O2/c1-10(2,3)8(12)7-6-11(4,5)9(7)13/h7H,6H2,1-5H3. The van der Waals surface area contributed by atoms with E-state index in [1.165, 1.54) is 0 Å². The normalized spacial score (nSPS) is 26.8. The number of ketones is 2. The molecule has 0 radical (unpaired) electrons. The molecule has 1 atom stereocenters. The molecule has 13 heavy (non-hydrogen) atoms. The van der Waals surface area contributed by atoms with Crippen LogP contribution in [0, 0.1) is 16.7 Å². The number of hydrogen-bond donors (Lipinski definition) is 0. The molecule has 0 N–H and O–H groups in total. The Bertz CT molecular complexity index is 256. The van der Waals surface area contributed by atoms with Crippen LogP contribution in [0.15, 0.2) is 0 Å². The van der Waals surface area contributed by atoms with E-state index in [1.807, 2.05) is 34.6 Å². The molecule has 74 valence electrons. The Morgan fingerprint density at radius 1 is 1.38 bits per heavy atom. The molecule has 0 saturated heterocycles. The van der Waals surface area contributed by atoms with E-state index in [9.17, 15) is 9.59 Å². The Morgan fingerprint density at radius 2 is 1.85 bits per heavy atom. The first-order chi connectivity index (χ1) is 5.66. The van der Waals surface area contributed by atoms with Crippen molar-refractivity contribution in [2.75, 3.05) is 0 Å². The maximum absolute atomic E-state index is 11.7. The summed E-state index contributed by atoms with van der Waals surface area (Å²) in [6.07, 6.45) is 0.724. The molecule has 0 bridgehead atoms. The molecule has 0 aliphatic heterocycles. The first-order valence-electron chi connectivity index (χ1n) is 4.75. The van der Waals surface area contributed by atoms with Gasteiger partial charge in [0.2, 0.25) is 0 Å². The Labute approximate surface area is 79.7 Å². The summed E-state index contributed by atoms with van der Waals surface area (Å²) < 4.78 is 0. The van der Waals surface area contributed by atoms with Gasteiger partial charge in [-0.15, -0.1) is 0 Å². The quantitative estimate of drug-likeness (QED) is 0.583. The highest BCUT2D eigenvalue weighted by Gasteiger charge is 2.51. The summed E-state index contributed by atoms with van der Waals surface area (Å²) in [5.74, 6) is -0.112. The van der Waals surface area contributed by atoms with E-state index >= 15 is 0 Å². The number of hydrogen-bond acceptors (Lipinski definition) is 2. The topological polar surface area (TPSA) is 34.1 Å². The summed E-state index contributed by atoms with van der Waals surface area (Å²) in [6, 6.07) is 0. The lowest BCUT2D eigenvalue weighted by atomic mass is 9.59. The number of carbonyl (C=O) groups excluding carboxylic acids is 2. The molecule has 2 nitrogen and oxygen atoms in total. The van der Waals surface area contributed by atoms with Gasteiger partial charge in [0.15, 0.2) is 0 Å². The second kappa shape index (κ2) is 2.66. The van der Waals surface area contributed by atoms with Gasteiger partial charge >= 0.3 is 0 Å². The third-order valence-corrected chi connectivity index (χ3v) is 2.75. The Balaban J connectivity index is 2.71. The van der Waals surface area contributed by atoms with Gasteiger partial charge < -0.3 is 0 Å². The molecule has 0 aromatic heterocycles. The second-order valence-corrected chi connectivity index (χ2v) is 5.62. The maximum Gasteiger partial charge on any atom is 0.148 e. The number of carbonyl (C=O) groups is 2. The zero-order valence-corrected chi connectivity index (χ0v) is 9.10. The molecule has 1 rings (SSSR count). The molecule has 0 aromatic carbocycles. The summed E-state index contributed by atoms with van der Waals surface area (Å²) in [6.45, 7) is 9.42. The number of rotatable bonds is 1. The fourth-order valence-corrected chi connectivity index (χ4v) is 1.78. The minimum atomic E-state index is -0.378. The minimum Gasteiger partial charge on any atom is -0.298 e. The van der Waals surface area contributed by atoms with E-state index in [-0.39, 0.29) is 28.3 Å². The monoisotopic (exact) mass is 182 g/mol. The van der Waals surface area contributed by atoms with Crippen molar-refractivity contribution in [1.29, 1.82) is 0 Å². The van der Waals surface area contributed by atoms with E-state index in [1.54, 1.807) is 0 Å². The van der Waals surface area contributed by atoms with Crippen LogP contribution < -0.4 is 0 Å². The van der Waals surface area contributed by atoms with Crippen LogP contribution in [0.5, 0.6) is 0 Å². The lowest BCUT2D eigenvalue weighted by molar-refractivity contribution is -0.153. The lowest BCUT2D eigenvalue weighted by Crippen LogP contribution is -2.51.